The van der Waals surface area contributed by atoms with Crippen molar-refractivity contribution in [3.63, 3.8) is 0 Å². The summed E-state index contributed by atoms with van der Waals surface area (Å²) in [7, 11) is 1.61. The molecule has 1 saturated heterocycles. The van der Waals surface area contributed by atoms with Crippen molar-refractivity contribution in [2.75, 3.05) is 18.6 Å². The second-order valence-electron chi connectivity index (χ2n) is 6.71. The molecule has 1 N–H and O–H groups in total. The van der Waals surface area contributed by atoms with E-state index in [4.69, 9.17) is 4.74 Å². The van der Waals surface area contributed by atoms with Gasteiger partial charge < -0.3 is 15.0 Å². The van der Waals surface area contributed by atoms with E-state index in [0.717, 1.165) is 22.6 Å². The predicted octanol–water partition coefficient (Wildman–Crippen LogP) is 3.23. The van der Waals surface area contributed by atoms with Crippen LogP contribution in [0.25, 0.3) is 0 Å². The summed E-state index contributed by atoms with van der Waals surface area (Å²) in [6, 6.07) is 15.2. The van der Waals surface area contributed by atoms with E-state index in [1.165, 1.54) is 0 Å². The topological polar surface area (TPSA) is 58.6 Å². The smallest absolute Gasteiger partial charge is 0.227 e. The third-order valence-electron chi connectivity index (χ3n) is 4.81. The number of benzene rings is 2. The molecule has 3 rings (SSSR count). The largest absolute Gasteiger partial charge is 0.496 e. The number of hydrogen-bond acceptors (Lipinski definition) is 3. The zero-order valence-electron chi connectivity index (χ0n) is 15.4. The van der Waals surface area contributed by atoms with Crippen LogP contribution in [0.2, 0.25) is 0 Å². The Bertz CT molecular complexity index is 801. The van der Waals surface area contributed by atoms with Crippen molar-refractivity contribution in [2.45, 2.75) is 26.3 Å². The maximum absolute atomic E-state index is 12.7. The molecular formula is C21H24N2O3. The van der Waals surface area contributed by atoms with Gasteiger partial charge >= 0.3 is 0 Å². The van der Waals surface area contributed by atoms with E-state index in [2.05, 4.69) is 5.32 Å². The highest BCUT2D eigenvalue weighted by Crippen LogP contribution is 2.28. The van der Waals surface area contributed by atoms with E-state index in [1.54, 1.807) is 12.0 Å². The number of anilines is 1. The highest BCUT2D eigenvalue weighted by molar-refractivity contribution is 6.00. The minimum Gasteiger partial charge on any atom is -0.496 e. The number of amides is 2. The molecule has 0 spiro atoms. The maximum atomic E-state index is 12.7. The number of ether oxygens (including phenoxy) is 1. The van der Waals surface area contributed by atoms with Crippen LogP contribution in [0.15, 0.2) is 48.5 Å². The molecule has 1 aliphatic heterocycles. The van der Waals surface area contributed by atoms with Crippen LogP contribution in [0, 0.1) is 12.8 Å². The van der Waals surface area contributed by atoms with Gasteiger partial charge in [0.05, 0.1) is 19.1 Å². The van der Waals surface area contributed by atoms with Gasteiger partial charge in [0.15, 0.2) is 0 Å². The Morgan fingerprint density at radius 3 is 2.58 bits per heavy atom. The molecule has 0 aliphatic carbocycles. The first-order chi connectivity index (χ1) is 12.5. The van der Waals surface area contributed by atoms with Gasteiger partial charge in [0.2, 0.25) is 11.8 Å². The number of carbonyl (C=O) groups is 2. The Morgan fingerprint density at radius 2 is 1.88 bits per heavy atom. The molecule has 0 saturated carbocycles. The molecule has 5 nitrogen and oxygen atoms in total. The molecule has 2 aromatic carbocycles. The molecular weight excluding hydrogens is 328 g/mol. The van der Waals surface area contributed by atoms with Crippen molar-refractivity contribution in [3.05, 3.63) is 59.7 Å². The number of para-hydroxylation sites is 1. The summed E-state index contributed by atoms with van der Waals surface area (Å²) >= 11 is 0. The summed E-state index contributed by atoms with van der Waals surface area (Å²) in [5.41, 5.74) is 2.90. The van der Waals surface area contributed by atoms with Crippen LogP contribution in [0.3, 0.4) is 0 Å². The number of methoxy groups -OCH3 is 1. The van der Waals surface area contributed by atoms with Gasteiger partial charge in [-0.2, -0.15) is 0 Å². The molecule has 136 valence electrons. The third-order valence-corrected chi connectivity index (χ3v) is 4.81. The number of aryl methyl sites for hydroxylation is 1. The molecule has 26 heavy (non-hydrogen) atoms. The van der Waals surface area contributed by atoms with Crippen molar-refractivity contribution in [3.8, 4) is 5.75 Å². The van der Waals surface area contributed by atoms with E-state index in [9.17, 15) is 9.59 Å². The van der Waals surface area contributed by atoms with E-state index < -0.39 is 0 Å². The molecule has 1 fully saturated rings. The molecule has 0 aromatic heterocycles. The van der Waals surface area contributed by atoms with Crippen molar-refractivity contribution in [2.24, 2.45) is 5.92 Å². The minimum atomic E-state index is -0.346. The van der Waals surface area contributed by atoms with Crippen molar-refractivity contribution < 1.29 is 14.3 Å². The first-order valence-electron chi connectivity index (χ1n) is 8.80. The van der Waals surface area contributed by atoms with Crippen molar-refractivity contribution >= 4 is 17.5 Å². The zero-order chi connectivity index (χ0) is 18.7. The average Bonchev–Trinajstić information content (AvgIpc) is 3.04. The predicted molar refractivity (Wildman–Crippen MR) is 101 cm³/mol. The zero-order valence-corrected chi connectivity index (χ0v) is 15.4. The fourth-order valence-electron chi connectivity index (χ4n) is 3.29. The lowest BCUT2D eigenvalue weighted by Crippen LogP contribution is -2.34. The number of hydrogen-bond donors (Lipinski definition) is 1. The van der Waals surface area contributed by atoms with Gasteiger partial charge in [0.25, 0.3) is 0 Å². The van der Waals surface area contributed by atoms with Gasteiger partial charge in [0, 0.05) is 24.2 Å². The van der Waals surface area contributed by atoms with Gasteiger partial charge in [-0.15, -0.1) is 0 Å². The van der Waals surface area contributed by atoms with E-state index in [0.29, 0.717) is 6.54 Å². The lowest BCUT2D eigenvalue weighted by atomic mass is 10.0. The first kappa shape index (κ1) is 18.0. The van der Waals surface area contributed by atoms with E-state index >= 15 is 0 Å². The Morgan fingerprint density at radius 1 is 1.19 bits per heavy atom. The third kappa shape index (κ3) is 3.72. The van der Waals surface area contributed by atoms with E-state index in [-0.39, 0.29) is 30.2 Å². The fourth-order valence-corrected chi connectivity index (χ4v) is 3.29. The standard InChI is InChI=1S/C21H24N2O3/c1-14-8-10-17(11-9-14)23-13-16(12-20(23)24)21(25)22-15(2)18-6-4-5-7-19(18)26-3/h4-11,15-16H,12-13H2,1-3H3,(H,22,25). The lowest BCUT2D eigenvalue weighted by Gasteiger charge is -2.20. The number of nitrogens with zero attached hydrogens (tertiary/aromatic N) is 1. The maximum Gasteiger partial charge on any atom is 0.227 e. The van der Waals surface area contributed by atoms with Crippen LogP contribution in [-0.2, 0) is 9.59 Å². The van der Waals surface area contributed by atoms with Gasteiger partial charge in [-0.1, -0.05) is 35.9 Å². The van der Waals surface area contributed by atoms with Crippen LogP contribution < -0.4 is 15.0 Å². The summed E-state index contributed by atoms with van der Waals surface area (Å²) in [5, 5.41) is 3.02. The van der Waals surface area contributed by atoms with Crippen LogP contribution >= 0.6 is 0 Å². The average molecular weight is 352 g/mol. The lowest BCUT2D eigenvalue weighted by molar-refractivity contribution is -0.126. The summed E-state index contributed by atoms with van der Waals surface area (Å²) in [6.07, 6.45) is 0.234. The fraction of sp³-hybridized carbons (Fsp3) is 0.333. The molecule has 2 amide bonds. The quantitative estimate of drug-likeness (QED) is 0.899. The number of carbonyl (C=O) groups excluding carboxylic acids is 2. The molecule has 0 radical (unpaired) electrons. The van der Waals surface area contributed by atoms with Crippen LogP contribution in [0.5, 0.6) is 5.75 Å². The molecule has 2 aromatic rings. The van der Waals surface area contributed by atoms with Gasteiger partial charge in [-0.3, -0.25) is 9.59 Å². The molecule has 5 heteroatoms. The first-order valence-corrected chi connectivity index (χ1v) is 8.80. The van der Waals surface area contributed by atoms with Crippen LogP contribution in [0.1, 0.15) is 30.5 Å². The highest BCUT2D eigenvalue weighted by atomic mass is 16.5. The second-order valence-corrected chi connectivity index (χ2v) is 6.71. The number of rotatable bonds is 5. The second kappa shape index (κ2) is 7.60. The summed E-state index contributed by atoms with van der Waals surface area (Å²) in [4.78, 5) is 26.7. The van der Waals surface area contributed by atoms with Crippen molar-refractivity contribution in [1.29, 1.82) is 0 Å². The molecule has 2 atom stereocenters. The van der Waals surface area contributed by atoms with Gasteiger partial charge in [-0.05, 0) is 32.0 Å². The summed E-state index contributed by atoms with van der Waals surface area (Å²) in [6.45, 7) is 4.34. The summed E-state index contributed by atoms with van der Waals surface area (Å²) < 4.78 is 5.36. The normalized spacial score (nSPS) is 17.9. The van der Waals surface area contributed by atoms with E-state index in [1.807, 2.05) is 62.4 Å². The van der Waals surface area contributed by atoms with Gasteiger partial charge in [-0.25, -0.2) is 0 Å². The van der Waals surface area contributed by atoms with Gasteiger partial charge in [0.1, 0.15) is 5.75 Å². The van der Waals surface area contributed by atoms with Crippen molar-refractivity contribution in [1.82, 2.24) is 5.32 Å². The summed E-state index contributed by atoms with van der Waals surface area (Å²) in [5.74, 6) is 0.273. The van der Waals surface area contributed by atoms with Crippen LogP contribution in [0.4, 0.5) is 5.69 Å². The minimum absolute atomic E-state index is 0.0149. The Kier molecular flexibility index (Phi) is 5.26. The Balaban J connectivity index is 1.67. The molecule has 1 heterocycles. The molecule has 1 aliphatic rings. The molecule has 0 bridgehead atoms. The SMILES string of the molecule is COc1ccccc1C(C)NC(=O)C1CC(=O)N(c2ccc(C)cc2)C1. The highest BCUT2D eigenvalue weighted by Gasteiger charge is 2.35. The Labute approximate surface area is 154 Å². The molecule has 2 unspecified atom stereocenters. The number of nitrogens with one attached hydrogen (secondary N) is 1. The Hall–Kier alpha value is -2.82. The van der Waals surface area contributed by atoms with Crippen LogP contribution in [-0.4, -0.2) is 25.5 Å². The monoisotopic (exact) mass is 352 g/mol.